The zero-order valence-corrected chi connectivity index (χ0v) is 14.6. The van der Waals surface area contributed by atoms with Gasteiger partial charge in [0.1, 0.15) is 17.2 Å². The highest BCUT2D eigenvalue weighted by Crippen LogP contribution is 2.34. The highest BCUT2D eigenvalue weighted by molar-refractivity contribution is 5.92. The van der Waals surface area contributed by atoms with Gasteiger partial charge in [0.2, 0.25) is 0 Å². The molecular weight excluding hydrogens is 320 g/mol. The van der Waals surface area contributed by atoms with E-state index in [-0.39, 0.29) is 12.0 Å². The maximum absolute atomic E-state index is 12.2. The molecular formula is C18H24N4O3. The van der Waals surface area contributed by atoms with Crippen molar-refractivity contribution in [2.45, 2.75) is 19.6 Å². The lowest BCUT2D eigenvalue weighted by atomic mass is 9.93. The molecule has 0 aromatic carbocycles. The molecule has 2 aromatic rings. The van der Waals surface area contributed by atoms with Crippen molar-refractivity contribution in [3.63, 3.8) is 0 Å². The van der Waals surface area contributed by atoms with Crippen molar-refractivity contribution in [3.05, 3.63) is 41.6 Å². The minimum atomic E-state index is -0.0793. The van der Waals surface area contributed by atoms with E-state index >= 15 is 0 Å². The lowest BCUT2D eigenvalue weighted by Crippen LogP contribution is -2.35. The molecule has 7 nitrogen and oxygen atoms in total. The summed E-state index contributed by atoms with van der Waals surface area (Å²) < 4.78 is 13.2. The molecule has 2 saturated heterocycles. The van der Waals surface area contributed by atoms with Crippen LogP contribution in [0.3, 0.4) is 0 Å². The normalized spacial score (nSPS) is 26.1. The number of aryl methyl sites for hydroxylation is 2. The third-order valence-corrected chi connectivity index (χ3v) is 5.27. The van der Waals surface area contributed by atoms with Crippen LogP contribution in [-0.2, 0) is 18.3 Å². The average molecular weight is 344 g/mol. The first-order valence-corrected chi connectivity index (χ1v) is 8.75. The van der Waals surface area contributed by atoms with Crippen LogP contribution in [0.1, 0.15) is 22.0 Å². The Morgan fingerprint density at radius 1 is 1.36 bits per heavy atom. The number of hydrogen-bond donors (Lipinski definition) is 1. The number of nitrogens with zero attached hydrogens (tertiary/aromatic N) is 3. The number of fused-ring (bicyclic) bond motifs is 1. The molecule has 1 N–H and O–H groups in total. The molecule has 2 aliphatic rings. The van der Waals surface area contributed by atoms with Gasteiger partial charge in [0.15, 0.2) is 0 Å². The topological polar surface area (TPSA) is 72.5 Å². The van der Waals surface area contributed by atoms with Crippen LogP contribution >= 0.6 is 0 Å². The molecule has 2 aliphatic heterocycles. The molecule has 0 aliphatic carbocycles. The second kappa shape index (κ2) is 6.65. The van der Waals surface area contributed by atoms with Crippen LogP contribution in [0.25, 0.3) is 0 Å². The van der Waals surface area contributed by atoms with Crippen molar-refractivity contribution in [1.82, 2.24) is 20.0 Å². The van der Waals surface area contributed by atoms with Crippen molar-refractivity contribution in [1.29, 1.82) is 0 Å². The van der Waals surface area contributed by atoms with Gasteiger partial charge >= 0.3 is 0 Å². The minimum Gasteiger partial charge on any atom is -0.465 e. The lowest BCUT2D eigenvalue weighted by molar-refractivity contribution is 0.0893. The lowest BCUT2D eigenvalue weighted by Gasteiger charge is -2.19. The summed E-state index contributed by atoms with van der Waals surface area (Å²) in [5.74, 6) is 2.68. The summed E-state index contributed by atoms with van der Waals surface area (Å²) in [6, 6.07) is 5.77. The van der Waals surface area contributed by atoms with Gasteiger partial charge < -0.3 is 14.5 Å². The first-order valence-electron chi connectivity index (χ1n) is 8.75. The Labute approximate surface area is 146 Å². The summed E-state index contributed by atoms with van der Waals surface area (Å²) in [7, 11) is 1.77. The first-order chi connectivity index (χ1) is 12.1. The first kappa shape index (κ1) is 16.4. The number of likely N-dealkylation sites (tertiary alicyclic amines) is 1. The van der Waals surface area contributed by atoms with Gasteiger partial charge in [-0.2, -0.15) is 5.10 Å². The monoisotopic (exact) mass is 344 g/mol. The van der Waals surface area contributed by atoms with Gasteiger partial charge in [0.05, 0.1) is 19.3 Å². The number of rotatable bonds is 5. The molecule has 0 saturated carbocycles. The van der Waals surface area contributed by atoms with E-state index in [1.54, 1.807) is 24.0 Å². The molecule has 2 fully saturated rings. The zero-order valence-electron chi connectivity index (χ0n) is 14.6. The Bertz CT molecular complexity index is 753. The quantitative estimate of drug-likeness (QED) is 0.882. The molecule has 7 heteroatoms. The van der Waals surface area contributed by atoms with Gasteiger partial charge in [-0.3, -0.25) is 14.4 Å². The Balaban J connectivity index is 1.31. The summed E-state index contributed by atoms with van der Waals surface area (Å²) in [6.07, 6.45) is 1.89. The Morgan fingerprint density at radius 2 is 2.24 bits per heavy atom. The van der Waals surface area contributed by atoms with Crippen molar-refractivity contribution in [2.75, 3.05) is 26.2 Å². The van der Waals surface area contributed by atoms with Gasteiger partial charge in [-0.25, -0.2) is 0 Å². The minimum absolute atomic E-state index is 0.0793. The fourth-order valence-corrected chi connectivity index (χ4v) is 3.92. The molecule has 25 heavy (non-hydrogen) atoms. The molecule has 2 aromatic heterocycles. The SMILES string of the molecule is Cc1ccc(CN2C[C@@H]3[C@H](CNC(=O)c4ccnn4C)CO[C@@H]3C2)o1. The number of aromatic nitrogens is 2. The highest BCUT2D eigenvalue weighted by Gasteiger charge is 2.43. The number of ether oxygens (including phenoxy) is 1. The fourth-order valence-electron chi connectivity index (χ4n) is 3.92. The Kier molecular flexibility index (Phi) is 4.35. The highest BCUT2D eigenvalue weighted by atomic mass is 16.5. The van der Waals surface area contributed by atoms with Gasteiger partial charge in [-0.15, -0.1) is 0 Å². The number of carbonyl (C=O) groups excluding carboxylic acids is 1. The predicted molar refractivity (Wildman–Crippen MR) is 91.0 cm³/mol. The van der Waals surface area contributed by atoms with E-state index in [4.69, 9.17) is 9.15 Å². The summed E-state index contributed by atoms with van der Waals surface area (Å²) in [4.78, 5) is 14.6. The van der Waals surface area contributed by atoms with E-state index in [1.165, 1.54) is 0 Å². The van der Waals surface area contributed by atoms with Crippen molar-refractivity contribution < 1.29 is 13.9 Å². The third-order valence-electron chi connectivity index (χ3n) is 5.27. The van der Waals surface area contributed by atoms with Crippen LogP contribution in [0.15, 0.2) is 28.8 Å². The molecule has 0 unspecified atom stereocenters. The molecule has 0 spiro atoms. The van der Waals surface area contributed by atoms with E-state index < -0.39 is 0 Å². The Hall–Kier alpha value is -2.12. The van der Waals surface area contributed by atoms with E-state index in [2.05, 4.69) is 15.3 Å². The third kappa shape index (κ3) is 3.34. The molecule has 4 rings (SSSR count). The summed E-state index contributed by atoms with van der Waals surface area (Å²) in [5, 5.41) is 7.07. The van der Waals surface area contributed by atoms with Gasteiger partial charge in [0.25, 0.3) is 5.91 Å². The molecule has 1 amide bonds. The fraction of sp³-hybridized carbons (Fsp3) is 0.556. The van der Waals surface area contributed by atoms with Crippen LogP contribution in [0.5, 0.6) is 0 Å². The van der Waals surface area contributed by atoms with E-state index in [1.807, 2.05) is 19.1 Å². The zero-order chi connectivity index (χ0) is 17.4. The average Bonchev–Trinajstić information content (AvgIpc) is 3.32. The second-order valence-electron chi connectivity index (χ2n) is 7.05. The summed E-state index contributed by atoms with van der Waals surface area (Å²) >= 11 is 0. The van der Waals surface area contributed by atoms with Crippen molar-refractivity contribution in [3.8, 4) is 0 Å². The predicted octanol–water partition coefficient (Wildman–Crippen LogP) is 1.20. The number of hydrogen-bond acceptors (Lipinski definition) is 5. The molecule has 0 radical (unpaired) electrons. The van der Waals surface area contributed by atoms with E-state index in [9.17, 15) is 4.79 Å². The van der Waals surface area contributed by atoms with Crippen LogP contribution < -0.4 is 5.32 Å². The van der Waals surface area contributed by atoms with E-state index in [0.717, 1.165) is 31.2 Å². The van der Waals surface area contributed by atoms with Crippen molar-refractivity contribution >= 4 is 5.91 Å². The number of amides is 1. The van der Waals surface area contributed by atoms with Crippen LogP contribution in [0.2, 0.25) is 0 Å². The smallest absolute Gasteiger partial charge is 0.269 e. The molecule has 134 valence electrons. The second-order valence-corrected chi connectivity index (χ2v) is 7.05. The molecule has 3 atom stereocenters. The molecule has 4 heterocycles. The number of furan rings is 1. The summed E-state index contributed by atoms with van der Waals surface area (Å²) in [6.45, 7) is 6.05. The van der Waals surface area contributed by atoms with Gasteiger partial charge in [-0.05, 0) is 25.1 Å². The van der Waals surface area contributed by atoms with Crippen molar-refractivity contribution in [2.24, 2.45) is 18.9 Å². The maximum atomic E-state index is 12.2. The van der Waals surface area contributed by atoms with Crippen LogP contribution in [0.4, 0.5) is 0 Å². The van der Waals surface area contributed by atoms with Crippen LogP contribution in [0, 0.1) is 18.8 Å². The van der Waals surface area contributed by atoms with Gasteiger partial charge in [-0.1, -0.05) is 0 Å². The largest absolute Gasteiger partial charge is 0.465 e. The number of nitrogens with one attached hydrogen (secondary N) is 1. The Morgan fingerprint density at radius 3 is 2.96 bits per heavy atom. The van der Waals surface area contributed by atoms with E-state index in [0.29, 0.717) is 30.7 Å². The van der Waals surface area contributed by atoms with Gasteiger partial charge in [0, 0.05) is 44.7 Å². The maximum Gasteiger partial charge on any atom is 0.269 e. The summed E-state index contributed by atoms with van der Waals surface area (Å²) in [5.41, 5.74) is 0.580. The molecule has 0 bridgehead atoms. The standard InChI is InChI=1S/C18H24N4O3/c1-12-3-4-14(25-12)8-22-9-15-13(11-24-17(15)10-22)7-19-18(23)16-5-6-20-21(16)2/h3-6,13,15,17H,7-11H2,1-2H3,(H,19,23)/t13-,15-,17-/m1/s1. The van der Waals surface area contributed by atoms with Crippen LogP contribution in [-0.4, -0.2) is 52.9 Å². The number of carbonyl (C=O) groups is 1.